The summed E-state index contributed by atoms with van der Waals surface area (Å²) in [5.41, 5.74) is 9.64. The van der Waals surface area contributed by atoms with E-state index in [1.165, 1.54) is 0 Å². The summed E-state index contributed by atoms with van der Waals surface area (Å²) in [5, 5.41) is 2.51. The average molecular weight is 549 g/mol. The van der Waals surface area contributed by atoms with Crippen LogP contribution >= 0.6 is 0 Å². The zero-order valence-corrected chi connectivity index (χ0v) is 24.4. The highest BCUT2D eigenvalue weighted by Crippen LogP contribution is 2.31. The van der Waals surface area contributed by atoms with Gasteiger partial charge in [-0.1, -0.05) is 61.4 Å². The van der Waals surface area contributed by atoms with Gasteiger partial charge in [-0.15, -0.1) is 0 Å². The van der Waals surface area contributed by atoms with Crippen LogP contribution in [0, 0.1) is 13.8 Å². The van der Waals surface area contributed by atoms with E-state index in [9.17, 15) is 9.59 Å². The molecule has 5 aromatic carbocycles. The monoisotopic (exact) mass is 548 g/mol. The highest BCUT2D eigenvalue weighted by Gasteiger charge is 2.19. The van der Waals surface area contributed by atoms with Crippen molar-refractivity contribution in [2.75, 3.05) is 0 Å². The summed E-state index contributed by atoms with van der Waals surface area (Å²) < 4.78 is 4.29. The Morgan fingerprint density at radius 1 is 0.452 bits per heavy atom. The summed E-state index contributed by atoms with van der Waals surface area (Å²) >= 11 is 0. The molecule has 2 heterocycles. The fraction of sp³-hybridized carbons (Fsp3) is 0.158. The number of hydrogen-bond donors (Lipinski definition) is 0. The second-order valence-electron chi connectivity index (χ2n) is 11.3. The van der Waals surface area contributed by atoms with Crippen molar-refractivity contribution in [3.63, 3.8) is 0 Å². The number of hydrogen-bond acceptors (Lipinski definition) is 2. The van der Waals surface area contributed by atoms with Gasteiger partial charge in [0, 0.05) is 32.9 Å². The van der Waals surface area contributed by atoms with Gasteiger partial charge in [-0.2, -0.15) is 0 Å². The van der Waals surface area contributed by atoms with Crippen molar-refractivity contribution in [1.82, 2.24) is 9.13 Å². The second kappa shape index (κ2) is 9.85. The smallest absolute Gasteiger partial charge is 0.197 e. The first kappa shape index (κ1) is 26.0. The van der Waals surface area contributed by atoms with E-state index in [0.717, 1.165) is 68.5 Å². The van der Waals surface area contributed by atoms with Gasteiger partial charge in [-0.05, 0) is 98.5 Å². The zero-order chi connectivity index (χ0) is 29.1. The number of pyridine rings is 2. The summed E-state index contributed by atoms with van der Waals surface area (Å²) in [6.45, 7) is 8.37. The Morgan fingerprint density at radius 3 is 1.17 bits per heavy atom. The van der Waals surface area contributed by atoms with E-state index >= 15 is 0 Å². The van der Waals surface area contributed by atoms with Crippen LogP contribution in [0.25, 0.3) is 55.0 Å². The molecule has 0 atom stereocenters. The molecular weight excluding hydrogens is 516 g/mol. The normalized spacial score (nSPS) is 11.7. The minimum atomic E-state index is -0.0294. The Balaban J connectivity index is 1.73. The van der Waals surface area contributed by atoms with Gasteiger partial charge in [0.2, 0.25) is 0 Å². The maximum Gasteiger partial charge on any atom is 0.197 e. The molecule has 0 spiro atoms. The number of rotatable bonds is 4. The lowest BCUT2D eigenvalue weighted by Crippen LogP contribution is -2.15. The van der Waals surface area contributed by atoms with Crippen molar-refractivity contribution in [2.45, 2.75) is 40.5 Å². The average Bonchev–Trinajstić information content (AvgIpc) is 3.02. The number of aryl methyl sites for hydroxylation is 4. The molecule has 0 aliphatic rings. The molecule has 0 radical (unpaired) electrons. The van der Waals surface area contributed by atoms with Gasteiger partial charge in [-0.3, -0.25) is 9.59 Å². The molecule has 0 unspecified atom stereocenters. The maximum absolute atomic E-state index is 14.2. The first-order chi connectivity index (χ1) is 20.4. The molecule has 0 saturated carbocycles. The van der Waals surface area contributed by atoms with E-state index in [2.05, 4.69) is 97.5 Å². The highest BCUT2D eigenvalue weighted by molar-refractivity contribution is 6.05. The van der Waals surface area contributed by atoms with Crippen LogP contribution in [0.1, 0.15) is 36.1 Å². The van der Waals surface area contributed by atoms with Crippen molar-refractivity contribution in [3.8, 4) is 11.4 Å². The highest BCUT2D eigenvalue weighted by atomic mass is 16.1. The molecule has 0 saturated heterocycles. The molecule has 7 aromatic rings. The summed E-state index contributed by atoms with van der Waals surface area (Å²) in [6, 6.07) is 32.7. The lowest BCUT2D eigenvalue weighted by Gasteiger charge is -2.20. The van der Waals surface area contributed by atoms with E-state index in [-0.39, 0.29) is 10.9 Å². The van der Waals surface area contributed by atoms with Crippen molar-refractivity contribution >= 4 is 43.6 Å². The second-order valence-corrected chi connectivity index (χ2v) is 11.3. The fourth-order valence-electron chi connectivity index (χ4n) is 6.15. The predicted molar refractivity (Wildman–Crippen MR) is 176 cm³/mol. The molecule has 0 bridgehead atoms. The number of benzene rings is 5. The van der Waals surface area contributed by atoms with Crippen molar-refractivity contribution in [1.29, 1.82) is 0 Å². The molecule has 0 aliphatic heterocycles. The van der Waals surface area contributed by atoms with Gasteiger partial charge in [0.05, 0.1) is 22.1 Å². The third kappa shape index (κ3) is 3.98. The van der Waals surface area contributed by atoms with Gasteiger partial charge in [0.15, 0.2) is 10.9 Å². The molecule has 7 rings (SSSR count). The van der Waals surface area contributed by atoms with Crippen molar-refractivity contribution < 1.29 is 0 Å². The predicted octanol–water partition coefficient (Wildman–Crippen LogP) is 8.34. The van der Waals surface area contributed by atoms with E-state index in [4.69, 9.17) is 0 Å². The minimum absolute atomic E-state index is 0.0294. The van der Waals surface area contributed by atoms with Crippen LogP contribution in [-0.2, 0) is 12.8 Å². The Morgan fingerprint density at radius 2 is 0.810 bits per heavy atom. The van der Waals surface area contributed by atoms with E-state index in [1.54, 1.807) is 0 Å². The van der Waals surface area contributed by atoms with Crippen LogP contribution in [-0.4, -0.2) is 9.13 Å². The van der Waals surface area contributed by atoms with Crippen LogP contribution in [0.3, 0.4) is 0 Å². The van der Waals surface area contributed by atoms with Gasteiger partial charge < -0.3 is 9.13 Å². The number of aromatic nitrogens is 2. The lowest BCUT2D eigenvalue weighted by molar-refractivity contribution is 1.11. The third-order valence-corrected chi connectivity index (χ3v) is 8.58. The fourth-order valence-corrected chi connectivity index (χ4v) is 6.15. The number of nitrogens with zero attached hydrogens (tertiary/aromatic N) is 2. The molecule has 42 heavy (non-hydrogen) atoms. The first-order valence-corrected chi connectivity index (χ1v) is 14.6. The third-order valence-electron chi connectivity index (χ3n) is 8.58. The summed E-state index contributed by atoms with van der Waals surface area (Å²) in [7, 11) is 0. The van der Waals surface area contributed by atoms with Crippen LogP contribution < -0.4 is 10.9 Å². The molecular formula is C38H32N2O2. The summed E-state index contributed by atoms with van der Waals surface area (Å²) in [4.78, 5) is 28.4. The largest absolute Gasteiger partial charge is 0.309 e. The van der Waals surface area contributed by atoms with Gasteiger partial charge in [0.1, 0.15) is 0 Å². The van der Waals surface area contributed by atoms with Gasteiger partial charge in [-0.25, -0.2) is 0 Å². The van der Waals surface area contributed by atoms with E-state index in [0.29, 0.717) is 21.5 Å². The minimum Gasteiger partial charge on any atom is -0.309 e. The van der Waals surface area contributed by atoms with Crippen molar-refractivity contribution in [3.05, 3.63) is 140 Å². The Hall–Kier alpha value is -4.96. The van der Waals surface area contributed by atoms with Crippen LogP contribution in [0.2, 0.25) is 0 Å². The number of fused-ring (bicyclic) bond motifs is 4. The van der Waals surface area contributed by atoms with Gasteiger partial charge >= 0.3 is 0 Å². The summed E-state index contributed by atoms with van der Waals surface area (Å²) in [6.07, 6.45) is 1.72. The van der Waals surface area contributed by atoms with E-state index < -0.39 is 0 Å². The van der Waals surface area contributed by atoms with Crippen LogP contribution in [0.4, 0.5) is 0 Å². The lowest BCUT2D eigenvalue weighted by atomic mass is 10.0. The first-order valence-electron chi connectivity index (χ1n) is 14.6. The molecule has 0 fully saturated rings. The Kier molecular flexibility index (Phi) is 6.09. The molecule has 0 aliphatic carbocycles. The van der Waals surface area contributed by atoms with E-state index in [1.807, 2.05) is 36.4 Å². The standard InChI is InChI=1S/C38H32N2O2/c1-5-25-11-17-29-33(19-25)39(27-13-7-23(3)8-14-27)35-21-32-36(22-31(35)37(29)41)40(28-15-9-24(4)10-16-28)34-20-26(6-2)12-18-30(34)38(32)42/h7-22H,5-6H2,1-4H3. The molecule has 0 amide bonds. The van der Waals surface area contributed by atoms with Crippen LogP contribution in [0.15, 0.2) is 107 Å². The van der Waals surface area contributed by atoms with Crippen LogP contribution in [0.5, 0.6) is 0 Å². The Labute approximate surface area is 244 Å². The molecule has 206 valence electrons. The molecule has 2 aromatic heterocycles. The molecule has 4 heteroatoms. The SMILES string of the molecule is CCc1ccc2c(=O)c3cc4c(cc3n(-c3ccc(C)cc3)c2c1)c(=O)c1ccc(CC)cc1n4-c1ccc(C)cc1. The molecule has 0 N–H and O–H groups in total. The maximum atomic E-state index is 14.2. The topological polar surface area (TPSA) is 44.0 Å². The van der Waals surface area contributed by atoms with Crippen molar-refractivity contribution in [2.24, 2.45) is 0 Å². The summed E-state index contributed by atoms with van der Waals surface area (Å²) in [5.74, 6) is 0. The molecule has 4 nitrogen and oxygen atoms in total. The quantitative estimate of drug-likeness (QED) is 0.208. The van der Waals surface area contributed by atoms with Gasteiger partial charge in [0.25, 0.3) is 0 Å². The Bertz CT molecular complexity index is 2140. The zero-order valence-electron chi connectivity index (χ0n) is 24.4.